The molecule has 0 bridgehead atoms. The van der Waals surface area contributed by atoms with Crippen molar-refractivity contribution in [2.24, 2.45) is 0 Å². The number of halogens is 3. The Bertz CT molecular complexity index is 787. The van der Waals surface area contributed by atoms with Gasteiger partial charge < -0.3 is 9.73 Å². The predicted octanol–water partition coefficient (Wildman–Crippen LogP) is 5.40. The van der Waals surface area contributed by atoms with Crippen molar-refractivity contribution in [1.29, 1.82) is 0 Å². The summed E-state index contributed by atoms with van der Waals surface area (Å²) in [5.74, 6) is 0.726. The molecule has 0 saturated heterocycles. The van der Waals surface area contributed by atoms with Crippen LogP contribution in [0.3, 0.4) is 0 Å². The van der Waals surface area contributed by atoms with E-state index in [2.05, 4.69) is 10.3 Å². The van der Waals surface area contributed by atoms with Crippen molar-refractivity contribution in [2.75, 3.05) is 5.32 Å². The molecular weight excluding hydrogens is 326 g/mol. The van der Waals surface area contributed by atoms with Crippen LogP contribution in [0.15, 0.2) is 53.1 Å². The molecule has 3 nitrogen and oxygen atoms in total. The Balaban J connectivity index is 1.69. The minimum Gasteiger partial charge on any atom is -0.439 e. The zero-order chi connectivity index (χ0) is 15.5. The maximum atomic E-state index is 13.1. The second kappa shape index (κ2) is 6.38. The number of rotatable bonds is 4. The van der Waals surface area contributed by atoms with Gasteiger partial charge in [0.05, 0.1) is 17.8 Å². The van der Waals surface area contributed by atoms with E-state index in [1.54, 1.807) is 24.4 Å². The second-order valence-electron chi connectivity index (χ2n) is 4.61. The predicted molar refractivity (Wildman–Crippen MR) is 85.7 cm³/mol. The molecule has 22 heavy (non-hydrogen) atoms. The third-order valence-corrected chi connectivity index (χ3v) is 3.59. The lowest BCUT2D eigenvalue weighted by atomic mass is 10.2. The van der Waals surface area contributed by atoms with Crippen LogP contribution in [-0.4, -0.2) is 4.98 Å². The normalized spacial score (nSPS) is 10.7. The SMILES string of the molecule is Fc1ccc(NCc2ncc(-c3ccc(Cl)cc3)o2)cc1Cl. The average Bonchev–Trinajstić information content (AvgIpc) is 2.98. The van der Waals surface area contributed by atoms with Gasteiger partial charge in [-0.3, -0.25) is 0 Å². The molecule has 6 heteroatoms. The Hall–Kier alpha value is -2.04. The molecule has 0 aliphatic carbocycles. The minimum atomic E-state index is -0.451. The van der Waals surface area contributed by atoms with Crippen molar-refractivity contribution >= 4 is 28.9 Å². The Kier molecular flexibility index (Phi) is 4.32. The molecular formula is C16H11Cl2FN2O. The van der Waals surface area contributed by atoms with Gasteiger partial charge in [0.25, 0.3) is 0 Å². The highest BCUT2D eigenvalue weighted by molar-refractivity contribution is 6.31. The van der Waals surface area contributed by atoms with E-state index in [0.717, 1.165) is 5.56 Å². The smallest absolute Gasteiger partial charge is 0.214 e. The van der Waals surface area contributed by atoms with Gasteiger partial charge in [0, 0.05) is 16.3 Å². The second-order valence-corrected chi connectivity index (χ2v) is 5.45. The summed E-state index contributed by atoms with van der Waals surface area (Å²) in [5, 5.41) is 3.81. The fraction of sp³-hybridized carbons (Fsp3) is 0.0625. The monoisotopic (exact) mass is 336 g/mol. The lowest BCUT2D eigenvalue weighted by molar-refractivity contribution is 0.516. The molecule has 0 spiro atoms. The van der Waals surface area contributed by atoms with Crippen molar-refractivity contribution in [3.8, 4) is 11.3 Å². The van der Waals surface area contributed by atoms with E-state index < -0.39 is 5.82 Å². The molecule has 3 aromatic rings. The van der Waals surface area contributed by atoms with Gasteiger partial charge in [0.1, 0.15) is 5.82 Å². The van der Waals surface area contributed by atoms with E-state index in [9.17, 15) is 4.39 Å². The number of aromatic nitrogens is 1. The number of nitrogens with one attached hydrogen (secondary N) is 1. The Labute approximate surface area is 136 Å². The lowest BCUT2D eigenvalue weighted by Crippen LogP contribution is -1.99. The minimum absolute atomic E-state index is 0.0688. The molecule has 1 heterocycles. The third kappa shape index (κ3) is 3.40. The summed E-state index contributed by atoms with van der Waals surface area (Å²) in [6.07, 6.45) is 1.65. The standard InChI is InChI=1S/C16H11Cl2FN2O/c17-11-3-1-10(2-4-11)15-8-21-16(22-15)9-20-12-5-6-14(19)13(18)7-12/h1-8,20H,9H2. The Morgan fingerprint density at radius 1 is 1.09 bits per heavy atom. The van der Waals surface area contributed by atoms with E-state index in [1.165, 1.54) is 12.1 Å². The van der Waals surface area contributed by atoms with E-state index in [1.807, 2.05) is 12.1 Å². The molecule has 0 radical (unpaired) electrons. The van der Waals surface area contributed by atoms with E-state index in [-0.39, 0.29) is 5.02 Å². The zero-order valence-corrected chi connectivity index (χ0v) is 12.8. The molecule has 2 aromatic carbocycles. The van der Waals surface area contributed by atoms with Crippen molar-refractivity contribution in [2.45, 2.75) is 6.54 Å². The highest BCUT2D eigenvalue weighted by Crippen LogP contribution is 2.23. The topological polar surface area (TPSA) is 38.1 Å². The first kappa shape index (κ1) is 14.9. The van der Waals surface area contributed by atoms with E-state index in [0.29, 0.717) is 28.9 Å². The molecule has 0 unspecified atom stereocenters. The lowest BCUT2D eigenvalue weighted by Gasteiger charge is -2.04. The van der Waals surface area contributed by atoms with Crippen molar-refractivity contribution < 1.29 is 8.81 Å². The Morgan fingerprint density at radius 3 is 2.59 bits per heavy atom. The molecule has 1 aromatic heterocycles. The van der Waals surface area contributed by atoms with Gasteiger partial charge in [0.15, 0.2) is 5.76 Å². The molecule has 0 aliphatic rings. The summed E-state index contributed by atoms with van der Waals surface area (Å²) in [4.78, 5) is 4.20. The molecule has 112 valence electrons. The van der Waals surface area contributed by atoms with Crippen LogP contribution in [0.4, 0.5) is 10.1 Å². The van der Waals surface area contributed by atoms with Gasteiger partial charge in [0.2, 0.25) is 5.89 Å². The number of oxazole rings is 1. The fourth-order valence-corrected chi connectivity index (χ4v) is 2.23. The van der Waals surface area contributed by atoms with Crippen molar-refractivity contribution in [1.82, 2.24) is 4.98 Å². The van der Waals surface area contributed by atoms with Gasteiger partial charge >= 0.3 is 0 Å². The van der Waals surface area contributed by atoms with Crippen LogP contribution in [0.1, 0.15) is 5.89 Å². The van der Waals surface area contributed by atoms with Crippen LogP contribution in [-0.2, 0) is 6.54 Å². The van der Waals surface area contributed by atoms with Crippen LogP contribution in [0.5, 0.6) is 0 Å². The first-order valence-corrected chi connectivity index (χ1v) is 7.27. The summed E-state index contributed by atoms with van der Waals surface area (Å²) >= 11 is 11.6. The van der Waals surface area contributed by atoms with Gasteiger partial charge in [-0.15, -0.1) is 0 Å². The number of hydrogen-bond acceptors (Lipinski definition) is 3. The molecule has 0 fully saturated rings. The van der Waals surface area contributed by atoms with Gasteiger partial charge in [-0.05, 0) is 42.5 Å². The number of nitrogens with zero attached hydrogens (tertiary/aromatic N) is 1. The fourth-order valence-electron chi connectivity index (χ4n) is 1.92. The van der Waals surface area contributed by atoms with Crippen LogP contribution < -0.4 is 5.32 Å². The van der Waals surface area contributed by atoms with Crippen molar-refractivity contribution in [3.05, 3.63) is 70.4 Å². The Morgan fingerprint density at radius 2 is 1.86 bits per heavy atom. The van der Waals surface area contributed by atoms with Crippen LogP contribution in [0.25, 0.3) is 11.3 Å². The summed E-state index contributed by atoms with van der Waals surface area (Å²) < 4.78 is 18.7. The largest absolute Gasteiger partial charge is 0.439 e. The first-order chi connectivity index (χ1) is 10.6. The van der Waals surface area contributed by atoms with Gasteiger partial charge in [-0.25, -0.2) is 9.37 Å². The number of benzene rings is 2. The number of hydrogen-bond donors (Lipinski definition) is 1. The van der Waals surface area contributed by atoms with Crippen LogP contribution in [0, 0.1) is 5.82 Å². The molecule has 0 atom stereocenters. The number of anilines is 1. The molecule has 0 aliphatic heterocycles. The summed E-state index contributed by atoms with van der Waals surface area (Å²) in [7, 11) is 0. The summed E-state index contributed by atoms with van der Waals surface area (Å²) in [5.41, 5.74) is 1.59. The molecule has 0 amide bonds. The third-order valence-electron chi connectivity index (χ3n) is 3.05. The average molecular weight is 337 g/mol. The highest BCUT2D eigenvalue weighted by Gasteiger charge is 2.07. The highest BCUT2D eigenvalue weighted by atomic mass is 35.5. The van der Waals surface area contributed by atoms with Crippen molar-refractivity contribution in [3.63, 3.8) is 0 Å². The molecule has 0 saturated carbocycles. The quantitative estimate of drug-likeness (QED) is 0.693. The maximum absolute atomic E-state index is 13.1. The first-order valence-electron chi connectivity index (χ1n) is 6.51. The van der Waals surface area contributed by atoms with E-state index in [4.69, 9.17) is 27.6 Å². The van der Waals surface area contributed by atoms with Crippen LogP contribution in [0.2, 0.25) is 10.0 Å². The molecule has 1 N–H and O–H groups in total. The summed E-state index contributed by atoms with van der Waals surface area (Å²) in [6, 6.07) is 11.7. The zero-order valence-electron chi connectivity index (χ0n) is 11.3. The van der Waals surface area contributed by atoms with Crippen LogP contribution >= 0.6 is 23.2 Å². The molecule has 3 rings (SSSR count). The van der Waals surface area contributed by atoms with Gasteiger partial charge in [-0.2, -0.15) is 0 Å². The summed E-state index contributed by atoms with van der Waals surface area (Å²) in [6.45, 7) is 0.371. The van der Waals surface area contributed by atoms with Gasteiger partial charge in [-0.1, -0.05) is 23.2 Å². The van der Waals surface area contributed by atoms with E-state index >= 15 is 0 Å². The maximum Gasteiger partial charge on any atom is 0.214 e.